The Bertz CT molecular complexity index is 1010. The highest BCUT2D eigenvalue weighted by atomic mass is 16.6. The monoisotopic (exact) mass is 353 g/mol. The van der Waals surface area contributed by atoms with Gasteiger partial charge in [-0.3, -0.25) is 10.1 Å². The van der Waals surface area contributed by atoms with Crippen molar-refractivity contribution in [3.05, 3.63) is 69.4 Å². The lowest BCUT2D eigenvalue weighted by molar-refractivity contribution is -0.384. The number of hydrogen-bond donors (Lipinski definition) is 2. The van der Waals surface area contributed by atoms with E-state index in [1.165, 1.54) is 28.6 Å². The molecule has 7 heteroatoms. The van der Waals surface area contributed by atoms with Crippen LogP contribution in [0.4, 0.5) is 11.4 Å². The first-order valence-electron chi connectivity index (χ1n) is 8.17. The summed E-state index contributed by atoms with van der Waals surface area (Å²) in [5.41, 5.74) is 3.55. The highest BCUT2D eigenvalue weighted by Gasteiger charge is 2.16. The van der Waals surface area contributed by atoms with Gasteiger partial charge in [0.2, 0.25) is 0 Å². The number of carboxylic acid groups (broad SMARTS) is 1. The number of aromatic nitrogens is 1. The lowest BCUT2D eigenvalue weighted by Crippen LogP contribution is -2.10. The second-order valence-corrected chi connectivity index (χ2v) is 6.20. The van der Waals surface area contributed by atoms with E-state index < -0.39 is 10.9 Å². The summed E-state index contributed by atoms with van der Waals surface area (Å²) in [6, 6.07) is 9.98. The number of carboxylic acids is 1. The van der Waals surface area contributed by atoms with Crippen molar-refractivity contribution in [3.8, 4) is 0 Å². The van der Waals surface area contributed by atoms with E-state index >= 15 is 0 Å². The minimum absolute atomic E-state index is 0.103. The lowest BCUT2D eigenvalue weighted by Gasteiger charge is -2.09. The maximum Gasteiger partial charge on any atom is 0.338 e. The summed E-state index contributed by atoms with van der Waals surface area (Å²) >= 11 is 0. The van der Waals surface area contributed by atoms with E-state index in [-0.39, 0.29) is 11.3 Å². The molecule has 0 saturated heterocycles. The molecule has 0 saturated carbocycles. The summed E-state index contributed by atoms with van der Waals surface area (Å²) in [7, 11) is 2.00. The Morgan fingerprint density at radius 2 is 2.08 bits per heavy atom. The van der Waals surface area contributed by atoms with Crippen LogP contribution in [0.5, 0.6) is 0 Å². The Hall–Kier alpha value is -3.35. The minimum atomic E-state index is -1.20. The second-order valence-electron chi connectivity index (χ2n) is 6.20. The summed E-state index contributed by atoms with van der Waals surface area (Å²) < 4.78 is 2.08. The number of fused-ring (bicyclic) bond motifs is 1. The number of aryl methyl sites for hydroxylation is 2. The van der Waals surface area contributed by atoms with E-state index in [4.69, 9.17) is 0 Å². The predicted molar refractivity (Wildman–Crippen MR) is 99.9 cm³/mol. The van der Waals surface area contributed by atoms with Gasteiger partial charge in [-0.2, -0.15) is 0 Å². The molecule has 1 aromatic heterocycles. The van der Waals surface area contributed by atoms with E-state index in [9.17, 15) is 20.0 Å². The fourth-order valence-electron chi connectivity index (χ4n) is 3.23. The molecule has 0 aliphatic carbocycles. The molecule has 0 bridgehead atoms. The Labute approximate surface area is 150 Å². The molecule has 134 valence electrons. The average molecular weight is 353 g/mol. The van der Waals surface area contributed by atoms with E-state index in [2.05, 4.69) is 35.1 Å². The van der Waals surface area contributed by atoms with Crippen molar-refractivity contribution in [2.45, 2.75) is 13.3 Å². The first-order valence-corrected chi connectivity index (χ1v) is 8.17. The minimum Gasteiger partial charge on any atom is -0.478 e. The number of nitrogens with one attached hydrogen (secondary N) is 1. The number of nitro benzene ring substituents is 1. The highest BCUT2D eigenvalue weighted by Crippen LogP contribution is 2.26. The predicted octanol–water partition coefficient (Wildman–Crippen LogP) is 3.75. The van der Waals surface area contributed by atoms with E-state index in [1.807, 2.05) is 13.1 Å². The molecule has 3 aromatic rings. The van der Waals surface area contributed by atoms with E-state index in [0.29, 0.717) is 18.7 Å². The Balaban J connectivity index is 1.81. The van der Waals surface area contributed by atoms with Crippen LogP contribution in [0.25, 0.3) is 10.9 Å². The third-order valence-electron chi connectivity index (χ3n) is 4.46. The van der Waals surface area contributed by atoms with Gasteiger partial charge in [-0.1, -0.05) is 12.1 Å². The van der Waals surface area contributed by atoms with Crippen LogP contribution in [-0.4, -0.2) is 27.1 Å². The maximum absolute atomic E-state index is 11.4. The molecule has 0 atom stereocenters. The van der Waals surface area contributed by atoms with Crippen LogP contribution in [0.1, 0.15) is 21.5 Å². The molecule has 0 aliphatic rings. The molecular formula is C19H19N3O4. The summed E-state index contributed by atoms with van der Waals surface area (Å²) in [6.07, 6.45) is 2.78. The number of non-ortho nitro benzene ring substituents is 1. The van der Waals surface area contributed by atoms with Crippen LogP contribution in [-0.2, 0) is 13.5 Å². The first-order chi connectivity index (χ1) is 12.4. The molecule has 0 fully saturated rings. The van der Waals surface area contributed by atoms with Crippen LogP contribution in [0.2, 0.25) is 0 Å². The number of aromatic carboxylic acids is 1. The average Bonchev–Trinajstić information content (AvgIpc) is 2.92. The number of hydrogen-bond acceptors (Lipinski definition) is 4. The topological polar surface area (TPSA) is 97.4 Å². The molecule has 2 N–H and O–H groups in total. The molecule has 1 heterocycles. The van der Waals surface area contributed by atoms with Gasteiger partial charge in [-0.15, -0.1) is 0 Å². The molecular weight excluding hydrogens is 334 g/mol. The third-order valence-corrected chi connectivity index (χ3v) is 4.46. The van der Waals surface area contributed by atoms with Crippen molar-refractivity contribution in [3.63, 3.8) is 0 Å². The standard InChI is InChI=1S/C19H19N3O4/c1-12-4-3-5-17-18(12)13(11-21(17)2)8-9-20-16-7-6-14(22(25)26)10-15(16)19(23)24/h3-7,10-11,20H,8-9H2,1-2H3,(H,23,24). The highest BCUT2D eigenvalue weighted by molar-refractivity contribution is 5.95. The van der Waals surface area contributed by atoms with Gasteiger partial charge in [0.25, 0.3) is 5.69 Å². The van der Waals surface area contributed by atoms with Crippen molar-refractivity contribution in [2.24, 2.45) is 7.05 Å². The van der Waals surface area contributed by atoms with Crippen LogP contribution >= 0.6 is 0 Å². The largest absolute Gasteiger partial charge is 0.478 e. The van der Waals surface area contributed by atoms with Gasteiger partial charge in [0, 0.05) is 48.5 Å². The zero-order chi connectivity index (χ0) is 18.8. The van der Waals surface area contributed by atoms with Crippen molar-refractivity contribution < 1.29 is 14.8 Å². The maximum atomic E-state index is 11.4. The zero-order valence-corrected chi connectivity index (χ0v) is 14.5. The van der Waals surface area contributed by atoms with Gasteiger partial charge >= 0.3 is 5.97 Å². The quantitative estimate of drug-likeness (QED) is 0.519. The number of carbonyl (C=O) groups is 1. The number of nitrogens with zero attached hydrogens (tertiary/aromatic N) is 2. The molecule has 0 spiro atoms. The van der Waals surface area contributed by atoms with Gasteiger partial charge in [0.05, 0.1) is 10.5 Å². The summed E-state index contributed by atoms with van der Waals surface area (Å²) in [4.78, 5) is 21.6. The zero-order valence-electron chi connectivity index (χ0n) is 14.5. The smallest absolute Gasteiger partial charge is 0.338 e. The number of nitro groups is 1. The molecule has 7 nitrogen and oxygen atoms in total. The number of anilines is 1. The Kier molecular flexibility index (Phi) is 4.62. The molecule has 0 aliphatic heterocycles. The number of benzene rings is 2. The molecule has 0 amide bonds. The first kappa shape index (κ1) is 17.5. The molecule has 26 heavy (non-hydrogen) atoms. The van der Waals surface area contributed by atoms with Gasteiger partial charge in [-0.05, 0) is 36.6 Å². The van der Waals surface area contributed by atoms with Crippen LogP contribution in [0, 0.1) is 17.0 Å². The summed E-state index contributed by atoms with van der Waals surface area (Å²) in [6.45, 7) is 2.59. The van der Waals surface area contributed by atoms with Crippen molar-refractivity contribution in [1.29, 1.82) is 0 Å². The van der Waals surface area contributed by atoms with Crippen LogP contribution in [0.3, 0.4) is 0 Å². The molecule has 3 rings (SSSR count). The Morgan fingerprint density at radius 1 is 1.31 bits per heavy atom. The van der Waals surface area contributed by atoms with Gasteiger partial charge in [-0.25, -0.2) is 4.79 Å². The van der Waals surface area contributed by atoms with Gasteiger partial charge in [0.15, 0.2) is 0 Å². The van der Waals surface area contributed by atoms with Gasteiger partial charge in [0.1, 0.15) is 0 Å². The third kappa shape index (κ3) is 3.23. The summed E-state index contributed by atoms with van der Waals surface area (Å²) in [5.74, 6) is -1.20. The van der Waals surface area contributed by atoms with Crippen molar-refractivity contribution in [2.75, 3.05) is 11.9 Å². The second kappa shape index (κ2) is 6.87. The fourth-order valence-corrected chi connectivity index (χ4v) is 3.23. The molecule has 0 radical (unpaired) electrons. The SMILES string of the molecule is Cc1cccc2c1c(CCNc1ccc([N+](=O)[O-])cc1C(=O)O)cn2C. The molecule has 2 aromatic carbocycles. The van der Waals surface area contributed by atoms with Crippen molar-refractivity contribution in [1.82, 2.24) is 4.57 Å². The van der Waals surface area contributed by atoms with Crippen LogP contribution < -0.4 is 5.32 Å². The van der Waals surface area contributed by atoms with E-state index in [0.717, 1.165) is 11.6 Å². The Morgan fingerprint density at radius 3 is 2.77 bits per heavy atom. The fraction of sp³-hybridized carbons (Fsp3) is 0.211. The summed E-state index contributed by atoms with van der Waals surface area (Å²) in [5, 5.41) is 24.4. The van der Waals surface area contributed by atoms with Crippen molar-refractivity contribution >= 4 is 28.2 Å². The lowest BCUT2D eigenvalue weighted by atomic mass is 10.1. The normalized spacial score (nSPS) is 10.8. The molecule has 0 unspecified atom stereocenters. The number of rotatable bonds is 6. The van der Waals surface area contributed by atoms with Gasteiger partial charge < -0.3 is 15.0 Å². The van der Waals surface area contributed by atoms with Crippen LogP contribution in [0.15, 0.2) is 42.6 Å². The van der Waals surface area contributed by atoms with E-state index in [1.54, 1.807) is 0 Å².